The van der Waals surface area contributed by atoms with Crippen LogP contribution in [-0.2, 0) is 13.0 Å². The summed E-state index contributed by atoms with van der Waals surface area (Å²) in [5, 5.41) is 1.15. The van der Waals surface area contributed by atoms with Crippen LogP contribution in [0, 0.1) is 6.92 Å². The standard InChI is InChI=1S/C24H25N5O2/c1-16-9-12-29(13-10-18-14-26-21-7-5-4-6-19(18)21)24(31)22(16)23(30)28(3)17(2)20-8-11-25-15-27-20/h4-9,11-12,14-15,17,26H,10,13H2,1-3H3. The molecule has 1 atom stereocenters. The smallest absolute Gasteiger partial charge is 0.263 e. The van der Waals surface area contributed by atoms with Gasteiger partial charge in [-0.3, -0.25) is 9.59 Å². The van der Waals surface area contributed by atoms with Crippen molar-refractivity contribution in [3.8, 4) is 0 Å². The molecule has 0 radical (unpaired) electrons. The van der Waals surface area contributed by atoms with Gasteiger partial charge in [0.2, 0.25) is 0 Å². The van der Waals surface area contributed by atoms with E-state index in [9.17, 15) is 9.59 Å². The fourth-order valence-corrected chi connectivity index (χ4v) is 3.78. The van der Waals surface area contributed by atoms with Gasteiger partial charge in [0.15, 0.2) is 0 Å². The number of carbonyl (C=O) groups excluding carboxylic acids is 1. The van der Waals surface area contributed by atoms with Crippen molar-refractivity contribution >= 4 is 16.8 Å². The molecule has 0 saturated carbocycles. The quantitative estimate of drug-likeness (QED) is 0.522. The van der Waals surface area contributed by atoms with Crippen LogP contribution in [0.4, 0.5) is 0 Å². The first-order valence-corrected chi connectivity index (χ1v) is 10.3. The van der Waals surface area contributed by atoms with E-state index in [2.05, 4.69) is 21.0 Å². The minimum Gasteiger partial charge on any atom is -0.361 e. The maximum atomic E-state index is 13.2. The van der Waals surface area contributed by atoms with Gasteiger partial charge in [-0.25, -0.2) is 9.97 Å². The third-order valence-corrected chi connectivity index (χ3v) is 5.82. The summed E-state index contributed by atoms with van der Waals surface area (Å²) >= 11 is 0. The molecule has 0 aliphatic heterocycles. The number of aryl methyl sites for hydroxylation is 3. The van der Waals surface area contributed by atoms with Crippen LogP contribution in [0.2, 0.25) is 0 Å². The second-order valence-electron chi connectivity index (χ2n) is 7.71. The predicted octanol–water partition coefficient (Wildman–Crippen LogP) is 3.50. The summed E-state index contributed by atoms with van der Waals surface area (Å²) in [5.41, 5.74) is 3.53. The van der Waals surface area contributed by atoms with Crippen molar-refractivity contribution in [2.24, 2.45) is 0 Å². The highest BCUT2D eigenvalue weighted by Crippen LogP contribution is 2.20. The summed E-state index contributed by atoms with van der Waals surface area (Å²) in [5.74, 6) is -0.310. The van der Waals surface area contributed by atoms with Gasteiger partial charge in [0.1, 0.15) is 11.9 Å². The first-order valence-electron chi connectivity index (χ1n) is 10.3. The second-order valence-corrected chi connectivity index (χ2v) is 7.71. The lowest BCUT2D eigenvalue weighted by Gasteiger charge is -2.25. The molecule has 0 saturated heterocycles. The summed E-state index contributed by atoms with van der Waals surface area (Å²) in [6, 6.07) is 11.4. The van der Waals surface area contributed by atoms with Gasteiger partial charge in [0.05, 0.1) is 11.7 Å². The molecule has 0 aliphatic carbocycles. The number of rotatable bonds is 6. The largest absolute Gasteiger partial charge is 0.361 e. The number of pyridine rings is 1. The minimum atomic E-state index is -0.310. The van der Waals surface area contributed by atoms with Gasteiger partial charge >= 0.3 is 0 Å². The van der Waals surface area contributed by atoms with Crippen molar-refractivity contribution < 1.29 is 4.79 Å². The van der Waals surface area contributed by atoms with E-state index in [0.717, 1.165) is 22.2 Å². The van der Waals surface area contributed by atoms with Crippen molar-refractivity contribution in [1.29, 1.82) is 0 Å². The van der Waals surface area contributed by atoms with Crippen LogP contribution in [0.3, 0.4) is 0 Å². The molecule has 0 bridgehead atoms. The first-order chi connectivity index (χ1) is 15.0. The van der Waals surface area contributed by atoms with E-state index in [1.54, 1.807) is 41.9 Å². The Labute approximate surface area is 180 Å². The summed E-state index contributed by atoms with van der Waals surface area (Å²) < 4.78 is 1.62. The molecule has 1 N–H and O–H groups in total. The highest BCUT2D eigenvalue weighted by Gasteiger charge is 2.24. The molecule has 4 rings (SSSR count). The molecule has 0 spiro atoms. The molecule has 0 fully saturated rings. The Morgan fingerprint density at radius 1 is 1.23 bits per heavy atom. The summed E-state index contributed by atoms with van der Waals surface area (Å²) in [7, 11) is 1.69. The average molecular weight is 415 g/mol. The van der Waals surface area contributed by atoms with Crippen molar-refractivity contribution in [3.05, 3.63) is 94.1 Å². The third-order valence-electron chi connectivity index (χ3n) is 5.82. The topological polar surface area (TPSA) is 83.9 Å². The Hall–Kier alpha value is -3.74. The van der Waals surface area contributed by atoms with Gasteiger partial charge in [-0.2, -0.15) is 0 Å². The van der Waals surface area contributed by atoms with Crippen LogP contribution in [0.1, 0.15) is 40.1 Å². The Morgan fingerprint density at radius 3 is 2.81 bits per heavy atom. The number of para-hydroxylation sites is 1. The Morgan fingerprint density at radius 2 is 2.03 bits per heavy atom. The molecule has 1 amide bonds. The maximum absolute atomic E-state index is 13.2. The Balaban J connectivity index is 1.58. The van der Waals surface area contributed by atoms with Gasteiger partial charge in [0.25, 0.3) is 11.5 Å². The summed E-state index contributed by atoms with van der Waals surface area (Å²) in [6.07, 6.45) is 7.52. The molecular weight excluding hydrogens is 390 g/mol. The van der Waals surface area contributed by atoms with Crippen molar-refractivity contribution in [1.82, 2.24) is 24.4 Å². The predicted molar refractivity (Wildman–Crippen MR) is 120 cm³/mol. The number of fused-ring (bicyclic) bond motifs is 1. The van der Waals surface area contributed by atoms with Crippen molar-refractivity contribution in [2.75, 3.05) is 7.05 Å². The number of carbonyl (C=O) groups is 1. The van der Waals surface area contributed by atoms with E-state index in [1.165, 1.54) is 6.33 Å². The summed E-state index contributed by atoms with van der Waals surface area (Å²) in [6.45, 7) is 4.17. The molecule has 4 aromatic rings. The zero-order valence-corrected chi connectivity index (χ0v) is 17.9. The number of amides is 1. The molecule has 0 aliphatic rings. The van der Waals surface area contributed by atoms with Gasteiger partial charge in [-0.1, -0.05) is 18.2 Å². The monoisotopic (exact) mass is 415 g/mol. The molecule has 7 heteroatoms. The molecule has 3 aromatic heterocycles. The fourth-order valence-electron chi connectivity index (χ4n) is 3.78. The van der Waals surface area contributed by atoms with E-state index >= 15 is 0 Å². The van der Waals surface area contributed by atoms with Crippen molar-refractivity contribution in [3.63, 3.8) is 0 Å². The number of hydrogen-bond donors (Lipinski definition) is 1. The number of aromatic nitrogens is 4. The lowest BCUT2D eigenvalue weighted by atomic mass is 10.1. The van der Waals surface area contributed by atoms with Gasteiger partial charge < -0.3 is 14.5 Å². The number of aromatic amines is 1. The molecular formula is C24H25N5O2. The normalized spacial score (nSPS) is 12.1. The third kappa shape index (κ3) is 3.99. The van der Waals surface area contributed by atoms with Crippen LogP contribution < -0.4 is 5.56 Å². The van der Waals surface area contributed by atoms with E-state index in [1.807, 2.05) is 37.4 Å². The molecule has 1 unspecified atom stereocenters. The van der Waals surface area contributed by atoms with E-state index in [4.69, 9.17) is 0 Å². The number of nitrogens with one attached hydrogen (secondary N) is 1. The van der Waals surface area contributed by atoms with Crippen LogP contribution >= 0.6 is 0 Å². The van der Waals surface area contributed by atoms with E-state index < -0.39 is 0 Å². The molecule has 7 nitrogen and oxygen atoms in total. The number of H-pyrrole nitrogens is 1. The zero-order chi connectivity index (χ0) is 22.0. The Kier molecular flexibility index (Phi) is 5.66. The van der Waals surface area contributed by atoms with Gasteiger partial charge in [-0.15, -0.1) is 0 Å². The van der Waals surface area contributed by atoms with E-state index in [-0.39, 0.29) is 23.1 Å². The number of hydrogen-bond acceptors (Lipinski definition) is 4. The molecule has 3 heterocycles. The number of benzene rings is 1. The Bertz CT molecular complexity index is 1280. The highest BCUT2D eigenvalue weighted by molar-refractivity contribution is 5.95. The maximum Gasteiger partial charge on any atom is 0.263 e. The average Bonchev–Trinajstić information content (AvgIpc) is 3.21. The van der Waals surface area contributed by atoms with Crippen LogP contribution in [0.25, 0.3) is 10.9 Å². The second kappa shape index (κ2) is 8.55. The van der Waals surface area contributed by atoms with Gasteiger partial charge in [-0.05, 0) is 49.6 Å². The lowest BCUT2D eigenvalue weighted by molar-refractivity contribution is 0.0736. The van der Waals surface area contributed by atoms with Crippen LogP contribution in [0.15, 0.2) is 66.1 Å². The van der Waals surface area contributed by atoms with Crippen molar-refractivity contribution in [2.45, 2.75) is 32.9 Å². The lowest BCUT2D eigenvalue weighted by Crippen LogP contribution is -2.37. The highest BCUT2D eigenvalue weighted by atomic mass is 16.2. The number of nitrogens with zero attached hydrogens (tertiary/aromatic N) is 4. The first kappa shape index (κ1) is 20.5. The summed E-state index contributed by atoms with van der Waals surface area (Å²) in [4.78, 5) is 39.4. The molecule has 1 aromatic carbocycles. The zero-order valence-electron chi connectivity index (χ0n) is 17.9. The van der Waals surface area contributed by atoms with Crippen LogP contribution in [0.5, 0.6) is 0 Å². The molecule has 31 heavy (non-hydrogen) atoms. The fraction of sp³-hybridized carbons (Fsp3) is 0.250. The SMILES string of the molecule is Cc1ccn(CCc2c[nH]c3ccccc23)c(=O)c1C(=O)N(C)C(C)c1ccncn1. The van der Waals surface area contributed by atoms with E-state index in [0.29, 0.717) is 18.5 Å². The minimum absolute atomic E-state index is 0.199. The molecule has 158 valence electrons. The van der Waals surface area contributed by atoms with Crippen LogP contribution in [-0.4, -0.2) is 37.4 Å². The van der Waals surface area contributed by atoms with Gasteiger partial charge in [0, 0.05) is 43.1 Å².